The van der Waals surface area contributed by atoms with E-state index in [2.05, 4.69) is 19.2 Å². The zero-order chi connectivity index (χ0) is 14.8. The predicted octanol–water partition coefficient (Wildman–Crippen LogP) is 2.08. The molecule has 0 saturated heterocycles. The van der Waals surface area contributed by atoms with Crippen molar-refractivity contribution in [2.24, 2.45) is 5.92 Å². The van der Waals surface area contributed by atoms with E-state index in [1.807, 2.05) is 37.3 Å². The van der Waals surface area contributed by atoms with Gasteiger partial charge in [-0.1, -0.05) is 32.0 Å². The van der Waals surface area contributed by atoms with Crippen LogP contribution in [0.25, 0.3) is 0 Å². The minimum atomic E-state index is -0.530. The van der Waals surface area contributed by atoms with Crippen molar-refractivity contribution in [2.75, 3.05) is 26.4 Å². The SMILES string of the molecule is CCOCC(NCC(O)COc1ccccc1)C(C)C. The van der Waals surface area contributed by atoms with Gasteiger partial charge in [0.15, 0.2) is 0 Å². The Bertz CT molecular complexity index is 343. The number of aliphatic hydroxyl groups excluding tert-OH is 1. The molecule has 0 spiro atoms. The van der Waals surface area contributed by atoms with E-state index in [4.69, 9.17) is 9.47 Å². The Morgan fingerprint density at radius 3 is 2.45 bits per heavy atom. The largest absolute Gasteiger partial charge is 0.491 e. The number of ether oxygens (including phenoxy) is 2. The number of hydrogen-bond donors (Lipinski definition) is 2. The van der Waals surface area contributed by atoms with E-state index in [1.54, 1.807) is 0 Å². The molecule has 20 heavy (non-hydrogen) atoms. The summed E-state index contributed by atoms with van der Waals surface area (Å²) in [7, 11) is 0. The second kappa shape index (κ2) is 9.75. The summed E-state index contributed by atoms with van der Waals surface area (Å²) in [5.74, 6) is 1.24. The highest BCUT2D eigenvalue weighted by Crippen LogP contribution is 2.08. The maximum atomic E-state index is 9.94. The van der Waals surface area contributed by atoms with Crippen LogP contribution in [0.1, 0.15) is 20.8 Å². The summed E-state index contributed by atoms with van der Waals surface area (Å²) >= 11 is 0. The summed E-state index contributed by atoms with van der Waals surface area (Å²) in [4.78, 5) is 0. The van der Waals surface area contributed by atoms with Crippen LogP contribution in [0.15, 0.2) is 30.3 Å². The van der Waals surface area contributed by atoms with E-state index in [-0.39, 0.29) is 12.6 Å². The number of aliphatic hydroxyl groups is 1. The minimum absolute atomic E-state index is 0.251. The van der Waals surface area contributed by atoms with E-state index >= 15 is 0 Å². The summed E-state index contributed by atoms with van der Waals surface area (Å²) in [6.07, 6.45) is -0.530. The molecule has 2 unspecified atom stereocenters. The van der Waals surface area contributed by atoms with Crippen molar-refractivity contribution in [3.8, 4) is 5.75 Å². The van der Waals surface area contributed by atoms with Gasteiger partial charge in [-0.15, -0.1) is 0 Å². The lowest BCUT2D eigenvalue weighted by Crippen LogP contribution is -2.43. The molecule has 0 aliphatic rings. The van der Waals surface area contributed by atoms with Crippen LogP contribution < -0.4 is 10.1 Å². The fourth-order valence-corrected chi connectivity index (χ4v) is 1.79. The third kappa shape index (κ3) is 6.89. The van der Waals surface area contributed by atoms with Crippen molar-refractivity contribution < 1.29 is 14.6 Å². The second-order valence-electron chi connectivity index (χ2n) is 5.20. The molecule has 4 nitrogen and oxygen atoms in total. The standard InChI is InChI=1S/C16H27NO3/c1-4-19-12-16(13(2)3)17-10-14(18)11-20-15-8-6-5-7-9-15/h5-9,13-14,16-18H,4,10-12H2,1-3H3. The van der Waals surface area contributed by atoms with Gasteiger partial charge in [0.2, 0.25) is 0 Å². The topological polar surface area (TPSA) is 50.7 Å². The molecule has 1 rings (SSSR count). The zero-order valence-electron chi connectivity index (χ0n) is 12.7. The summed E-state index contributed by atoms with van der Waals surface area (Å²) in [6, 6.07) is 9.78. The molecule has 0 bridgehead atoms. The van der Waals surface area contributed by atoms with Crippen LogP contribution in [0.3, 0.4) is 0 Å². The molecule has 1 aromatic carbocycles. The van der Waals surface area contributed by atoms with E-state index in [9.17, 15) is 5.11 Å². The van der Waals surface area contributed by atoms with Gasteiger partial charge in [-0.2, -0.15) is 0 Å². The van der Waals surface area contributed by atoms with Gasteiger partial charge >= 0.3 is 0 Å². The molecule has 0 heterocycles. The Balaban J connectivity index is 2.25. The van der Waals surface area contributed by atoms with Gasteiger partial charge < -0.3 is 19.9 Å². The van der Waals surface area contributed by atoms with Gasteiger partial charge in [-0.05, 0) is 25.0 Å². The normalized spacial score (nSPS) is 14.2. The minimum Gasteiger partial charge on any atom is -0.491 e. The molecule has 0 fully saturated rings. The Labute approximate surface area is 122 Å². The first-order chi connectivity index (χ1) is 9.63. The molecule has 2 atom stereocenters. The molecule has 0 aromatic heterocycles. The maximum Gasteiger partial charge on any atom is 0.119 e. The number of nitrogens with one attached hydrogen (secondary N) is 1. The molecule has 0 radical (unpaired) electrons. The third-order valence-corrected chi connectivity index (χ3v) is 3.11. The third-order valence-electron chi connectivity index (χ3n) is 3.11. The number of rotatable bonds is 10. The van der Waals surface area contributed by atoms with Crippen LogP contribution in [0.2, 0.25) is 0 Å². The zero-order valence-corrected chi connectivity index (χ0v) is 12.7. The van der Waals surface area contributed by atoms with E-state index < -0.39 is 6.10 Å². The van der Waals surface area contributed by atoms with Crippen LogP contribution in [-0.4, -0.2) is 43.6 Å². The number of benzene rings is 1. The van der Waals surface area contributed by atoms with Crippen molar-refractivity contribution in [1.82, 2.24) is 5.32 Å². The van der Waals surface area contributed by atoms with Gasteiger partial charge in [-0.25, -0.2) is 0 Å². The van der Waals surface area contributed by atoms with Crippen LogP contribution in [0, 0.1) is 5.92 Å². The van der Waals surface area contributed by atoms with Gasteiger partial charge in [0.25, 0.3) is 0 Å². The maximum absolute atomic E-state index is 9.94. The fourth-order valence-electron chi connectivity index (χ4n) is 1.79. The molecule has 0 aliphatic heterocycles. The lowest BCUT2D eigenvalue weighted by molar-refractivity contribution is 0.0799. The summed E-state index contributed by atoms with van der Waals surface area (Å²) in [5, 5.41) is 13.3. The Kier molecular flexibility index (Phi) is 8.26. The monoisotopic (exact) mass is 281 g/mol. The molecular weight excluding hydrogens is 254 g/mol. The summed E-state index contributed by atoms with van der Waals surface area (Å²) in [6.45, 7) is 8.44. The highest BCUT2D eigenvalue weighted by Gasteiger charge is 2.15. The lowest BCUT2D eigenvalue weighted by Gasteiger charge is -2.23. The first-order valence-corrected chi connectivity index (χ1v) is 7.30. The lowest BCUT2D eigenvalue weighted by atomic mass is 10.1. The molecular formula is C16H27NO3. The smallest absolute Gasteiger partial charge is 0.119 e. The molecule has 114 valence electrons. The van der Waals surface area contributed by atoms with Gasteiger partial charge in [-0.3, -0.25) is 0 Å². The van der Waals surface area contributed by atoms with Crippen LogP contribution >= 0.6 is 0 Å². The van der Waals surface area contributed by atoms with Crippen LogP contribution in [0.4, 0.5) is 0 Å². The van der Waals surface area contributed by atoms with E-state index in [0.29, 0.717) is 25.7 Å². The molecule has 4 heteroatoms. The summed E-state index contributed by atoms with van der Waals surface area (Å²) < 4.78 is 11.0. The molecule has 2 N–H and O–H groups in total. The fraction of sp³-hybridized carbons (Fsp3) is 0.625. The Morgan fingerprint density at radius 1 is 1.15 bits per heavy atom. The quantitative estimate of drug-likeness (QED) is 0.689. The Hall–Kier alpha value is -1.10. The van der Waals surface area contributed by atoms with Crippen molar-refractivity contribution >= 4 is 0 Å². The number of hydrogen-bond acceptors (Lipinski definition) is 4. The van der Waals surface area contributed by atoms with Crippen molar-refractivity contribution in [1.29, 1.82) is 0 Å². The van der Waals surface area contributed by atoms with Crippen LogP contribution in [-0.2, 0) is 4.74 Å². The molecule has 0 aliphatic carbocycles. The van der Waals surface area contributed by atoms with Gasteiger partial charge in [0.1, 0.15) is 18.5 Å². The van der Waals surface area contributed by atoms with Gasteiger partial charge in [0, 0.05) is 19.2 Å². The van der Waals surface area contributed by atoms with Crippen molar-refractivity contribution in [2.45, 2.75) is 32.9 Å². The van der Waals surface area contributed by atoms with Crippen LogP contribution in [0.5, 0.6) is 5.75 Å². The highest BCUT2D eigenvalue weighted by molar-refractivity contribution is 5.20. The van der Waals surface area contributed by atoms with Gasteiger partial charge in [0.05, 0.1) is 6.61 Å². The average Bonchev–Trinajstić information content (AvgIpc) is 2.46. The Morgan fingerprint density at radius 2 is 1.85 bits per heavy atom. The van der Waals surface area contributed by atoms with E-state index in [1.165, 1.54) is 0 Å². The second-order valence-corrected chi connectivity index (χ2v) is 5.20. The van der Waals surface area contributed by atoms with E-state index in [0.717, 1.165) is 5.75 Å². The average molecular weight is 281 g/mol. The summed E-state index contributed by atoms with van der Waals surface area (Å²) in [5.41, 5.74) is 0. The molecule has 0 amide bonds. The highest BCUT2D eigenvalue weighted by atomic mass is 16.5. The first kappa shape index (κ1) is 17.0. The predicted molar refractivity (Wildman–Crippen MR) is 81.1 cm³/mol. The first-order valence-electron chi connectivity index (χ1n) is 7.30. The molecule has 1 aromatic rings. The molecule has 0 saturated carbocycles. The number of para-hydroxylation sites is 1. The van der Waals surface area contributed by atoms with Crippen molar-refractivity contribution in [3.05, 3.63) is 30.3 Å². The van der Waals surface area contributed by atoms with Crippen molar-refractivity contribution in [3.63, 3.8) is 0 Å².